The van der Waals surface area contributed by atoms with Crippen LogP contribution < -0.4 is 0 Å². The summed E-state index contributed by atoms with van der Waals surface area (Å²) in [5, 5.41) is 7.89. The lowest BCUT2D eigenvalue weighted by molar-refractivity contribution is -0.394. The molecule has 0 heterocycles. The molecule has 0 radical (unpaired) electrons. The maximum Gasteiger partial charge on any atom is 0.460 e. The Labute approximate surface area is 162 Å². The summed E-state index contributed by atoms with van der Waals surface area (Å²) in [6.07, 6.45) is -13.9. The number of hydrogen-bond acceptors (Lipinski definition) is 1. The molecule has 0 aliphatic carbocycles. The first-order valence-corrected chi connectivity index (χ1v) is 6.86. The van der Waals surface area contributed by atoms with Crippen LogP contribution in [0.2, 0.25) is 0 Å². The van der Waals surface area contributed by atoms with Gasteiger partial charge in [-0.1, -0.05) is 0 Å². The van der Waals surface area contributed by atoms with Gasteiger partial charge in [0.15, 0.2) is 5.83 Å². The third-order valence-corrected chi connectivity index (χ3v) is 3.40. The first-order valence-electron chi connectivity index (χ1n) is 6.86. The molecule has 0 atom stereocenters. The Morgan fingerprint density at radius 2 is 1.00 bits per heavy atom. The van der Waals surface area contributed by atoms with Crippen LogP contribution in [0.3, 0.4) is 0 Å². The smallest absolute Gasteiger partial charge is 0.460 e. The maximum absolute atomic E-state index is 13.3. The van der Waals surface area contributed by atoms with Crippen molar-refractivity contribution in [2.24, 2.45) is 0 Å². The fraction of sp³-hybridized carbons (Fsp3) is 0.750. The topological polar surface area (TPSA) is 37.3 Å². The summed E-state index contributed by atoms with van der Waals surface area (Å²) in [7, 11) is 0. The van der Waals surface area contributed by atoms with E-state index in [4.69, 9.17) is 5.11 Å². The van der Waals surface area contributed by atoms with Gasteiger partial charge in [-0.05, 0) is 0 Å². The maximum atomic E-state index is 13.3. The van der Waals surface area contributed by atoms with Crippen molar-refractivity contribution in [3.63, 3.8) is 0 Å². The standard InChI is InChI=1S/C12H4F18O2/c13-3(7(18,19)10(24,25)12(28,29)30)1-5(14,15)8(20,21)11(26,27)9(22,23)6(16,17)2-4(31)32/h1H,2H2,(H,31,32)/b3-1-. The molecule has 32 heavy (non-hydrogen) atoms. The van der Waals surface area contributed by atoms with Gasteiger partial charge in [0.05, 0.1) is 0 Å². The van der Waals surface area contributed by atoms with Gasteiger partial charge >= 0.3 is 53.6 Å². The van der Waals surface area contributed by atoms with Crippen LogP contribution in [-0.2, 0) is 4.79 Å². The number of allylic oxidation sites excluding steroid dienone is 2. The van der Waals surface area contributed by atoms with E-state index in [1.807, 2.05) is 0 Å². The summed E-state index contributed by atoms with van der Waals surface area (Å²) < 4.78 is 231. The highest BCUT2D eigenvalue weighted by Gasteiger charge is 2.86. The van der Waals surface area contributed by atoms with Crippen molar-refractivity contribution < 1.29 is 88.9 Å². The Balaban J connectivity index is 6.60. The molecule has 2 nitrogen and oxygen atoms in total. The zero-order valence-corrected chi connectivity index (χ0v) is 13.9. The van der Waals surface area contributed by atoms with E-state index in [2.05, 4.69) is 0 Å². The Hall–Kier alpha value is -2.05. The highest BCUT2D eigenvalue weighted by atomic mass is 19.4. The quantitative estimate of drug-likeness (QED) is 0.360. The zero-order chi connectivity index (χ0) is 26.6. The second-order valence-corrected chi connectivity index (χ2v) is 5.76. The van der Waals surface area contributed by atoms with E-state index in [1.165, 1.54) is 0 Å². The summed E-state index contributed by atoms with van der Waals surface area (Å²) in [5.41, 5.74) is 0. The predicted octanol–water partition coefficient (Wildman–Crippen LogP) is 6.32. The Morgan fingerprint density at radius 1 is 0.625 bits per heavy atom. The molecule has 0 spiro atoms. The van der Waals surface area contributed by atoms with Crippen LogP contribution in [0.15, 0.2) is 11.9 Å². The minimum atomic E-state index is -8.12. The van der Waals surface area contributed by atoms with Gasteiger partial charge in [-0.3, -0.25) is 4.79 Å². The van der Waals surface area contributed by atoms with Crippen LogP contribution in [0, 0.1) is 0 Å². The monoisotopic (exact) mass is 522 g/mol. The molecule has 190 valence electrons. The van der Waals surface area contributed by atoms with Gasteiger partial charge < -0.3 is 5.11 Å². The van der Waals surface area contributed by atoms with Crippen LogP contribution >= 0.6 is 0 Å². The van der Waals surface area contributed by atoms with E-state index in [0.717, 1.165) is 0 Å². The number of carboxylic acid groups (broad SMARTS) is 1. The van der Waals surface area contributed by atoms with Crippen LogP contribution in [0.4, 0.5) is 79.0 Å². The van der Waals surface area contributed by atoms with Gasteiger partial charge in [-0.25, -0.2) is 4.39 Å². The lowest BCUT2D eigenvalue weighted by Crippen LogP contribution is -2.67. The number of alkyl halides is 17. The lowest BCUT2D eigenvalue weighted by atomic mass is 9.92. The number of halogens is 18. The van der Waals surface area contributed by atoms with E-state index in [-0.39, 0.29) is 0 Å². The van der Waals surface area contributed by atoms with E-state index in [9.17, 15) is 83.8 Å². The van der Waals surface area contributed by atoms with Gasteiger partial charge in [-0.15, -0.1) is 0 Å². The van der Waals surface area contributed by atoms with Crippen molar-refractivity contribution in [1.29, 1.82) is 0 Å². The molecule has 0 unspecified atom stereocenters. The fourth-order valence-electron chi connectivity index (χ4n) is 1.61. The van der Waals surface area contributed by atoms with E-state index in [1.54, 1.807) is 0 Å². The predicted molar refractivity (Wildman–Crippen MR) is 62.1 cm³/mol. The van der Waals surface area contributed by atoms with Gasteiger partial charge in [0.1, 0.15) is 6.42 Å². The van der Waals surface area contributed by atoms with Crippen LogP contribution in [-0.4, -0.2) is 58.7 Å². The molecule has 0 amide bonds. The molecule has 20 heteroatoms. The van der Waals surface area contributed by atoms with Crippen molar-refractivity contribution in [1.82, 2.24) is 0 Å². The molecule has 0 aliphatic heterocycles. The molecule has 0 saturated carbocycles. The highest BCUT2D eigenvalue weighted by molar-refractivity contribution is 5.68. The van der Waals surface area contributed by atoms with E-state index >= 15 is 0 Å². The Bertz CT molecular complexity index is 746. The van der Waals surface area contributed by atoms with E-state index < -0.39 is 71.9 Å². The normalized spacial score (nSPS) is 16.4. The van der Waals surface area contributed by atoms with Crippen molar-refractivity contribution in [3.8, 4) is 0 Å². The molecule has 0 aromatic heterocycles. The molecule has 0 fully saturated rings. The van der Waals surface area contributed by atoms with E-state index in [0.29, 0.717) is 0 Å². The third kappa shape index (κ3) is 4.40. The highest BCUT2D eigenvalue weighted by Crippen LogP contribution is 2.59. The number of carbonyl (C=O) groups is 1. The largest absolute Gasteiger partial charge is 0.481 e. The number of hydrogen-bond donors (Lipinski definition) is 1. The number of rotatable bonds is 9. The minimum absolute atomic E-state index is 3.02. The molecule has 0 rings (SSSR count). The van der Waals surface area contributed by atoms with Gasteiger partial charge in [0, 0.05) is 6.08 Å². The lowest BCUT2D eigenvalue weighted by Gasteiger charge is -2.38. The van der Waals surface area contributed by atoms with Crippen LogP contribution in [0.1, 0.15) is 6.42 Å². The summed E-state index contributed by atoms with van der Waals surface area (Å²) in [6, 6.07) is 0. The second-order valence-electron chi connectivity index (χ2n) is 5.76. The summed E-state index contributed by atoms with van der Waals surface area (Å²) in [4.78, 5) is 9.97. The van der Waals surface area contributed by atoms with Crippen LogP contribution in [0.5, 0.6) is 0 Å². The number of carboxylic acids is 1. The van der Waals surface area contributed by atoms with Crippen molar-refractivity contribution in [2.45, 2.75) is 54.1 Å². The Morgan fingerprint density at radius 3 is 1.31 bits per heavy atom. The fourth-order valence-corrected chi connectivity index (χ4v) is 1.61. The molecule has 1 N–H and O–H groups in total. The second kappa shape index (κ2) is 7.77. The van der Waals surface area contributed by atoms with Gasteiger partial charge in [-0.2, -0.15) is 74.6 Å². The Kier molecular flexibility index (Phi) is 7.27. The molecule has 0 aliphatic rings. The van der Waals surface area contributed by atoms with Crippen molar-refractivity contribution in [2.75, 3.05) is 0 Å². The van der Waals surface area contributed by atoms with Gasteiger partial charge in [0.2, 0.25) is 0 Å². The molecule has 0 bridgehead atoms. The zero-order valence-electron chi connectivity index (χ0n) is 13.9. The molecule has 0 aromatic rings. The van der Waals surface area contributed by atoms with Crippen molar-refractivity contribution in [3.05, 3.63) is 11.9 Å². The molecular formula is C12H4F18O2. The molecular weight excluding hydrogens is 518 g/mol. The van der Waals surface area contributed by atoms with Crippen molar-refractivity contribution >= 4 is 5.97 Å². The third-order valence-electron chi connectivity index (χ3n) is 3.40. The molecule has 0 saturated heterocycles. The molecule has 0 aromatic carbocycles. The summed E-state index contributed by atoms with van der Waals surface area (Å²) >= 11 is 0. The first kappa shape index (κ1) is 29.9. The van der Waals surface area contributed by atoms with Crippen LogP contribution in [0.25, 0.3) is 0 Å². The number of aliphatic carboxylic acids is 1. The summed E-state index contributed by atoms with van der Waals surface area (Å²) in [5.74, 6) is -61.3. The summed E-state index contributed by atoms with van der Waals surface area (Å²) in [6.45, 7) is 0. The SMILES string of the molecule is O=C(O)CC(F)(F)C(F)(F)C(F)(F)C(F)(F)C(F)(F)/C=C(\F)C(F)(F)C(F)(F)C(F)(F)F. The average molecular weight is 522 g/mol. The average Bonchev–Trinajstić information content (AvgIpc) is 2.50. The van der Waals surface area contributed by atoms with Gasteiger partial charge in [0.25, 0.3) is 0 Å². The minimum Gasteiger partial charge on any atom is -0.481 e. The first-order chi connectivity index (χ1) is 13.5.